The summed E-state index contributed by atoms with van der Waals surface area (Å²) in [4.78, 5) is 19.1. The number of carbonyl (C=O) groups is 1. The zero-order valence-electron chi connectivity index (χ0n) is 16.9. The topological polar surface area (TPSA) is 106 Å². The molecule has 5 rings (SSSR count). The predicted octanol–water partition coefficient (Wildman–Crippen LogP) is 2.12. The molecule has 0 atom stereocenters. The Morgan fingerprint density at radius 2 is 2.03 bits per heavy atom. The molecule has 1 amide bonds. The van der Waals surface area contributed by atoms with E-state index in [1.165, 1.54) is 6.33 Å². The Hall–Kier alpha value is -3.59. The molecule has 3 aromatic heterocycles. The molecule has 4 heterocycles. The van der Waals surface area contributed by atoms with Gasteiger partial charge >= 0.3 is 0 Å². The van der Waals surface area contributed by atoms with Crippen LogP contribution in [0.5, 0.6) is 0 Å². The van der Waals surface area contributed by atoms with E-state index in [4.69, 9.17) is 17.3 Å². The number of benzene rings is 1. The van der Waals surface area contributed by atoms with Gasteiger partial charge in [-0.05, 0) is 23.8 Å². The Bertz CT molecular complexity index is 1260. The van der Waals surface area contributed by atoms with Crippen LogP contribution in [0.2, 0.25) is 5.02 Å². The summed E-state index contributed by atoms with van der Waals surface area (Å²) in [5, 5.41) is 12.2. The summed E-state index contributed by atoms with van der Waals surface area (Å²) >= 11 is 5.90. The lowest BCUT2D eigenvalue weighted by atomic mass is 9.99. The van der Waals surface area contributed by atoms with Gasteiger partial charge in [0.15, 0.2) is 11.6 Å². The molecular formula is C21H21ClN8O. The van der Waals surface area contributed by atoms with Gasteiger partial charge in [-0.15, -0.1) is 0 Å². The fourth-order valence-corrected chi connectivity index (χ4v) is 3.91. The van der Waals surface area contributed by atoms with Gasteiger partial charge < -0.3 is 16.0 Å². The highest BCUT2D eigenvalue weighted by atomic mass is 35.5. The number of nitrogens with one attached hydrogen (secondary N) is 1. The van der Waals surface area contributed by atoms with Gasteiger partial charge in [0.2, 0.25) is 5.91 Å². The van der Waals surface area contributed by atoms with Crippen molar-refractivity contribution < 1.29 is 4.79 Å². The maximum absolute atomic E-state index is 12.5. The van der Waals surface area contributed by atoms with Crippen molar-refractivity contribution in [3.63, 3.8) is 0 Å². The van der Waals surface area contributed by atoms with Crippen LogP contribution in [0.4, 0.5) is 11.6 Å². The van der Waals surface area contributed by atoms with Gasteiger partial charge in [0.1, 0.15) is 11.8 Å². The lowest BCUT2D eigenvalue weighted by Crippen LogP contribution is -2.54. The summed E-state index contributed by atoms with van der Waals surface area (Å²) in [6.45, 7) is 1.70. The van der Waals surface area contributed by atoms with Crippen molar-refractivity contribution in [1.29, 1.82) is 0 Å². The van der Waals surface area contributed by atoms with E-state index in [9.17, 15) is 4.79 Å². The minimum Gasteiger partial charge on any atom is -0.382 e. The maximum atomic E-state index is 12.5. The third-order valence-corrected chi connectivity index (χ3v) is 5.74. The summed E-state index contributed by atoms with van der Waals surface area (Å²) in [7, 11) is 1.83. The Morgan fingerprint density at radius 1 is 1.26 bits per heavy atom. The van der Waals surface area contributed by atoms with Crippen LogP contribution in [0.25, 0.3) is 16.6 Å². The van der Waals surface area contributed by atoms with Crippen molar-refractivity contribution in [2.45, 2.75) is 6.54 Å². The highest BCUT2D eigenvalue weighted by Gasteiger charge is 2.34. The minimum atomic E-state index is -0.0780. The molecule has 0 spiro atoms. The number of amides is 1. The molecule has 158 valence electrons. The predicted molar refractivity (Wildman–Crippen MR) is 119 cm³/mol. The van der Waals surface area contributed by atoms with E-state index in [0.29, 0.717) is 30.5 Å². The fourth-order valence-electron chi connectivity index (χ4n) is 3.79. The van der Waals surface area contributed by atoms with E-state index in [2.05, 4.69) is 25.4 Å². The summed E-state index contributed by atoms with van der Waals surface area (Å²) in [5.41, 5.74) is 9.67. The van der Waals surface area contributed by atoms with E-state index in [1.807, 2.05) is 49.8 Å². The number of aromatic nitrogens is 5. The number of anilines is 2. The van der Waals surface area contributed by atoms with Crippen LogP contribution in [0.15, 0.2) is 49.1 Å². The lowest BCUT2D eigenvalue weighted by molar-refractivity contribution is -0.125. The average Bonchev–Trinajstić information content (AvgIpc) is 3.29. The first-order valence-corrected chi connectivity index (χ1v) is 10.3. The number of nitrogens with zero attached hydrogens (tertiary/aromatic N) is 6. The third-order valence-electron chi connectivity index (χ3n) is 5.49. The summed E-state index contributed by atoms with van der Waals surface area (Å²) in [6.07, 6.45) is 5.30. The number of fused-ring (bicyclic) bond motifs is 1. The summed E-state index contributed by atoms with van der Waals surface area (Å²) < 4.78 is 3.46. The van der Waals surface area contributed by atoms with Crippen LogP contribution < -0.4 is 16.0 Å². The number of halogens is 1. The van der Waals surface area contributed by atoms with Gasteiger partial charge in [-0.1, -0.05) is 23.7 Å². The number of carbonyl (C=O) groups excluding carboxylic acids is 1. The Morgan fingerprint density at radius 3 is 2.74 bits per heavy atom. The van der Waals surface area contributed by atoms with E-state index >= 15 is 0 Å². The third kappa shape index (κ3) is 3.68. The van der Waals surface area contributed by atoms with Crippen LogP contribution in [0.3, 0.4) is 0 Å². The number of rotatable bonds is 5. The molecule has 1 aliphatic heterocycles. The monoisotopic (exact) mass is 436 g/mol. The van der Waals surface area contributed by atoms with Crippen molar-refractivity contribution in [3.8, 4) is 11.1 Å². The van der Waals surface area contributed by atoms with E-state index in [1.54, 1.807) is 9.20 Å². The SMILES string of the molecule is Cn1cc(-c2cc3c(N4CC(C(=O)NCc5ccc(Cl)cc5)C4)ncnn3c2)c(N)n1. The highest BCUT2D eigenvalue weighted by Crippen LogP contribution is 2.32. The quantitative estimate of drug-likeness (QED) is 0.496. The van der Waals surface area contributed by atoms with Crippen LogP contribution in [0.1, 0.15) is 5.56 Å². The molecule has 0 bridgehead atoms. The highest BCUT2D eigenvalue weighted by molar-refractivity contribution is 6.30. The average molecular weight is 437 g/mol. The van der Waals surface area contributed by atoms with Gasteiger partial charge in [-0.25, -0.2) is 9.50 Å². The fraction of sp³-hybridized carbons (Fsp3) is 0.238. The molecule has 0 aliphatic carbocycles. The molecule has 4 aromatic rings. The molecule has 1 aliphatic rings. The van der Waals surface area contributed by atoms with Crippen molar-refractivity contribution in [1.82, 2.24) is 29.7 Å². The van der Waals surface area contributed by atoms with Crippen LogP contribution in [-0.2, 0) is 18.4 Å². The molecule has 0 radical (unpaired) electrons. The van der Waals surface area contributed by atoms with Gasteiger partial charge in [0.05, 0.1) is 5.92 Å². The van der Waals surface area contributed by atoms with Gasteiger partial charge in [-0.2, -0.15) is 10.2 Å². The molecule has 1 aromatic carbocycles. The normalized spacial score (nSPS) is 14.1. The standard InChI is InChI=1S/C21H21ClN8O/c1-28-11-17(19(23)27-28)14-6-18-20(25-12-26-30(18)10-14)29-8-15(9-29)21(31)24-7-13-2-4-16(22)5-3-13/h2-6,10-12,15H,7-9H2,1H3,(H2,23,27)(H,24,31). The number of aryl methyl sites for hydroxylation is 1. The first-order valence-electron chi connectivity index (χ1n) is 9.88. The molecule has 1 fully saturated rings. The first-order chi connectivity index (χ1) is 15.0. The molecule has 0 saturated carbocycles. The van der Waals surface area contributed by atoms with Crippen molar-refractivity contribution in [3.05, 3.63) is 59.6 Å². The molecule has 0 unspecified atom stereocenters. The number of nitrogen functional groups attached to an aromatic ring is 1. The van der Waals surface area contributed by atoms with E-state index < -0.39 is 0 Å². The van der Waals surface area contributed by atoms with E-state index in [-0.39, 0.29) is 11.8 Å². The zero-order chi connectivity index (χ0) is 21.5. The largest absolute Gasteiger partial charge is 0.382 e. The van der Waals surface area contributed by atoms with Gasteiger partial charge in [-0.3, -0.25) is 9.48 Å². The summed E-state index contributed by atoms with van der Waals surface area (Å²) in [6, 6.07) is 9.45. The Labute approximate surface area is 183 Å². The molecule has 3 N–H and O–H groups in total. The Balaban J connectivity index is 1.27. The van der Waals surface area contributed by atoms with Crippen molar-refractivity contribution >= 4 is 34.7 Å². The molecule has 1 saturated heterocycles. The minimum absolute atomic E-state index is 0.0375. The van der Waals surface area contributed by atoms with Gasteiger partial charge in [0.25, 0.3) is 0 Å². The van der Waals surface area contributed by atoms with E-state index in [0.717, 1.165) is 28.0 Å². The molecular weight excluding hydrogens is 416 g/mol. The molecule has 31 heavy (non-hydrogen) atoms. The van der Waals surface area contributed by atoms with Crippen molar-refractivity contribution in [2.24, 2.45) is 13.0 Å². The smallest absolute Gasteiger partial charge is 0.226 e. The Kier molecular flexibility index (Phi) is 4.74. The second kappa shape index (κ2) is 7.59. The number of hydrogen-bond donors (Lipinski definition) is 2. The van der Waals surface area contributed by atoms with Crippen LogP contribution >= 0.6 is 11.6 Å². The van der Waals surface area contributed by atoms with Crippen LogP contribution in [0, 0.1) is 5.92 Å². The van der Waals surface area contributed by atoms with Gasteiger partial charge in [0, 0.05) is 55.2 Å². The zero-order valence-corrected chi connectivity index (χ0v) is 17.6. The summed E-state index contributed by atoms with van der Waals surface area (Å²) in [5.74, 6) is 1.22. The van der Waals surface area contributed by atoms with Crippen LogP contribution in [-0.4, -0.2) is 43.4 Å². The second-order valence-electron chi connectivity index (χ2n) is 7.69. The first kappa shape index (κ1) is 19.4. The maximum Gasteiger partial charge on any atom is 0.226 e. The second-order valence-corrected chi connectivity index (χ2v) is 8.13. The van der Waals surface area contributed by atoms with Crippen molar-refractivity contribution in [2.75, 3.05) is 23.7 Å². The molecule has 10 heteroatoms. The number of nitrogens with two attached hydrogens (primary N) is 1. The molecule has 9 nitrogen and oxygen atoms in total. The lowest BCUT2D eigenvalue weighted by Gasteiger charge is -2.39. The number of hydrogen-bond acceptors (Lipinski definition) is 6.